The van der Waals surface area contributed by atoms with E-state index in [0.717, 1.165) is 10.6 Å². The van der Waals surface area contributed by atoms with Gasteiger partial charge in [0.15, 0.2) is 0 Å². The molecule has 1 amide bonds. The van der Waals surface area contributed by atoms with Gasteiger partial charge >= 0.3 is 0 Å². The van der Waals surface area contributed by atoms with Crippen molar-refractivity contribution >= 4 is 38.6 Å². The Hall–Kier alpha value is -3.69. The van der Waals surface area contributed by atoms with Gasteiger partial charge in [-0.1, -0.05) is 0 Å². The van der Waals surface area contributed by atoms with Crippen LogP contribution in [0.15, 0.2) is 89.3 Å². The summed E-state index contributed by atoms with van der Waals surface area (Å²) in [4.78, 5) is 16.9. The van der Waals surface area contributed by atoms with Crippen LogP contribution in [0.2, 0.25) is 0 Å². The molecular weight excluding hydrogens is 446 g/mol. The molecule has 3 aromatic carbocycles. The molecule has 0 saturated carbocycles. The summed E-state index contributed by atoms with van der Waals surface area (Å²) in [6.07, 6.45) is 1.74. The van der Waals surface area contributed by atoms with Crippen LogP contribution in [0.5, 0.6) is 5.75 Å². The largest absolute Gasteiger partial charge is 0.497 e. The van der Waals surface area contributed by atoms with Gasteiger partial charge in [-0.25, -0.2) is 13.4 Å². The molecule has 0 aliphatic carbocycles. The third-order valence-corrected chi connectivity index (χ3v) is 6.81. The van der Waals surface area contributed by atoms with Crippen molar-refractivity contribution in [2.75, 3.05) is 17.1 Å². The zero-order valence-corrected chi connectivity index (χ0v) is 18.6. The Morgan fingerprint density at radius 3 is 2.16 bits per heavy atom. The highest BCUT2D eigenvalue weighted by Crippen LogP contribution is 2.24. The summed E-state index contributed by atoms with van der Waals surface area (Å²) < 4.78 is 32.8. The summed E-state index contributed by atoms with van der Waals surface area (Å²) in [5, 5.41) is 5.62. The van der Waals surface area contributed by atoms with E-state index >= 15 is 0 Å². The molecule has 0 fully saturated rings. The molecule has 1 heterocycles. The van der Waals surface area contributed by atoms with Crippen LogP contribution in [0, 0.1) is 0 Å². The van der Waals surface area contributed by atoms with Crippen LogP contribution < -0.4 is 14.8 Å². The fraction of sp³-hybridized carbons (Fsp3) is 0.0435. The summed E-state index contributed by atoms with van der Waals surface area (Å²) in [6.45, 7) is 0. The Balaban J connectivity index is 1.42. The lowest BCUT2D eigenvalue weighted by Gasteiger charge is -2.10. The average Bonchev–Trinajstić information content (AvgIpc) is 3.35. The van der Waals surface area contributed by atoms with Gasteiger partial charge in [0.2, 0.25) is 0 Å². The lowest BCUT2D eigenvalue weighted by Crippen LogP contribution is -2.14. The maximum atomic E-state index is 12.6. The number of nitrogens with zero attached hydrogens (tertiary/aromatic N) is 1. The quantitative estimate of drug-likeness (QED) is 0.406. The van der Waals surface area contributed by atoms with E-state index in [2.05, 4.69) is 15.0 Å². The molecule has 0 bridgehead atoms. The van der Waals surface area contributed by atoms with Gasteiger partial charge in [-0.2, -0.15) is 0 Å². The van der Waals surface area contributed by atoms with Crippen LogP contribution in [0.4, 0.5) is 11.4 Å². The van der Waals surface area contributed by atoms with Gasteiger partial charge in [0.1, 0.15) is 10.8 Å². The minimum Gasteiger partial charge on any atom is -0.497 e. The van der Waals surface area contributed by atoms with Crippen LogP contribution in [0.1, 0.15) is 10.4 Å². The predicted octanol–water partition coefficient (Wildman–Crippen LogP) is 4.87. The molecule has 0 aliphatic rings. The first kappa shape index (κ1) is 21.5. The predicted molar refractivity (Wildman–Crippen MR) is 126 cm³/mol. The van der Waals surface area contributed by atoms with Gasteiger partial charge in [-0.05, 0) is 72.8 Å². The molecular formula is C23H19N3O4S2. The molecule has 0 radical (unpaired) electrons. The fourth-order valence-corrected chi connectivity index (χ4v) is 4.63. The van der Waals surface area contributed by atoms with Crippen LogP contribution in [0.3, 0.4) is 0 Å². The summed E-state index contributed by atoms with van der Waals surface area (Å²) >= 11 is 1.54. The van der Waals surface area contributed by atoms with Crippen molar-refractivity contribution < 1.29 is 17.9 Å². The van der Waals surface area contributed by atoms with Crippen LogP contribution in [-0.4, -0.2) is 26.4 Å². The second kappa shape index (κ2) is 9.21. The number of sulfonamides is 1. The maximum Gasteiger partial charge on any atom is 0.261 e. The van der Waals surface area contributed by atoms with Gasteiger partial charge in [0.05, 0.1) is 12.0 Å². The van der Waals surface area contributed by atoms with Crippen molar-refractivity contribution in [1.82, 2.24) is 4.98 Å². The lowest BCUT2D eigenvalue weighted by atomic mass is 10.2. The number of rotatable bonds is 7. The number of aromatic nitrogens is 1. The zero-order chi connectivity index (χ0) is 22.6. The minimum atomic E-state index is -3.79. The highest BCUT2D eigenvalue weighted by atomic mass is 32.2. The van der Waals surface area contributed by atoms with Crippen LogP contribution >= 0.6 is 11.3 Å². The SMILES string of the molecule is COc1ccc(NS(=O)(=O)c2ccc(C(=O)Nc3ccc(-c4nccs4)cc3)cc2)cc1. The fourth-order valence-electron chi connectivity index (χ4n) is 2.92. The molecule has 0 aliphatic heterocycles. The van der Waals surface area contributed by atoms with E-state index in [1.54, 1.807) is 42.6 Å². The van der Waals surface area contributed by atoms with Gasteiger partial charge in [-0.3, -0.25) is 9.52 Å². The monoisotopic (exact) mass is 465 g/mol. The average molecular weight is 466 g/mol. The van der Waals surface area contributed by atoms with E-state index in [4.69, 9.17) is 4.74 Å². The Kier molecular flexibility index (Phi) is 6.20. The number of carbonyl (C=O) groups excluding carboxylic acids is 1. The second-order valence-electron chi connectivity index (χ2n) is 6.73. The standard InChI is InChI=1S/C23H19N3O4S2/c1-30-20-10-8-19(9-11-20)26-32(28,29)21-12-4-16(5-13-21)22(27)25-18-6-2-17(3-7-18)23-24-14-15-31-23/h2-15,26H,1H3,(H,25,27). The lowest BCUT2D eigenvalue weighted by molar-refractivity contribution is 0.102. The smallest absolute Gasteiger partial charge is 0.261 e. The first-order chi connectivity index (χ1) is 15.4. The van der Waals surface area contributed by atoms with E-state index in [-0.39, 0.29) is 10.8 Å². The summed E-state index contributed by atoms with van der Waals surface area (Å²) in [7, 11) is -2.25. The van der Waals surface area contributed by atoms with Crippen molar-refractivity contribution in [3.63, 3.8) is 0 Å². The molecule has 2 N–H and O–H groups in total. The van der Waals surface area contributed by atoms with Crippen molar-refractivity contribution in [1.29, 1.82) is 0 Å². The highest BCUT2D eigenvalue weighted by Gasteiger charge is 2.15. The number of ether oxygens (including phenoxy) is 1. The number of methoxy groups -OCH3 is 1. The third kappa shape index (κ3) is 4.96. The van der Waals surface area contributed by atoms with E-state index in [1.807, 2.05) is 17.5 Å². The summed E-state index contributed by atoms with van der Waals surface area (Å²) in [5.41, 5.74) is 2.36. The second-order valence-corrected chi connectivity index (χ2v) is 9.30. The first-order valence-corrected chi connectivity index (χ1v) is 11.9. The summed E-state index contributed by atoms with van der Waals surface area (Å²) in [6, 6.07) is 19.6. The van der Waals surface area contributed by atoms with Crippen molar-refractivity contribution in [3.05, 3.63) is 89.9 Å². The zero-order valence-electron chi connectivity index (χ0n) is 17.0. The van der Waals surface area contributed by atoms with Gasteiger partial charge in [0, 0.05) is 34.1 Å². The molecule has 162 valence electrons. The first-order valence-electron chi connectivity index (χ1n) is 9.53. The number of hydrogen-bond donors (Lipinski definition) is 2. The van der Waals surface area contributed by atoms with E-state index in [1.165, 1.54) is 42.7 Å². The number of benzene rings is 3. The highest BCUT2D eigenvalue weighted by molar-refractivity contribution is 7.92. The van der Waals surface area contributed by atoms with Crippen molar-refractivity contribution in [2.24, 2.45) is 0 Å². The van der Waals surface area contributed by atoms with Crippen LogP contribution in [0.25, 0.3) is 10.6 Å². The minimum absolute atomic E-state index is 0.0534. The van der Waals surface area contributed by atoms with Gasteiger partial charge < -0.3 is 10.1 Å². The topological polar surface area (TPSA) is 97.4 Å². The molecule has 0 saturated heterocycles. The summed E-state index contributed by atoms with van der Waals surface area (Å²) in [5.74, 6) is 0.292. The molecule has 1 aromatic heterocycles. The van der Waals surface area contributed by atoms with Crippen LogP contribution in [-0.2, 0) is 10.0 Å². The van der Waals surface area contributed by atoms with E-state index < -0.39 is 10.0 Å². The number of hydrogen-bond acceptors (Lipinski definition) is 6. The number of carbonyl (C=O) groups is 1. The number of amides is 1. The Morgan fingerprint density at radius 1 is 0.906 bits per heavy atom. The van der Waals surface area contributed by atoms with Gasteiger partial charge in [-0.15, -0.1) is 11.3 Å². The Bertz CT molecular complexity index is 1300. The van der Waals surface area contributed by atoms with E-state index in [9.17, 15) is 13.2 Å². The molecule has 7 nitrogen and oxygen atoms in total. The number of thiazole rings is 1. The molecule has 0 spiro atoms. The third-order valence-electron chi connectivity index (χ3n) is 4.59. The normalized spacial score (nSPS) is 11.0. The number of nitrogens with one attached hydrogen (secondary N) is 2. The Labute approximate surface area is 189 Å². The molecule has 32 heavy (non-hydrogen) atoms. The Morgan fingerprint density at radius 2 is 1.56 bits per heavy atom. The molecule has 0 unspecified atom stereocenters. The molecule has 4 rings (SSSR count). The number of anilines is 2. The van der Waals surface area contributed by atoms with Crippen molar-refractivity contribution in [2.45, 2.75) is 4.90 Å². The van der Waals surface area contributed by atoms with E-state index in [0.29, 0.717) is 22.7 Å². The molecule has 9 heteroatoms. The molecule has 4 aromatic rings. The van der Waals surface area contributed by atoms with Gasteiger partial charge in [0.25, 0.3) is 15.9 Å². The molecule has 0 atom stereocenters. The van der Waals surface area contributed by atoms with Crippen molar-refractivity contribution in [3.8, 4) is 16.3 Å². The maximum absolute atomic E-state index is 12.6.